The highest BCUT2D eigenvalue weighted by atomic mass is 32.1. The number of carboxylic acid groups (broad SMARTS) is 2. The van der Waals surface area contributed by atoms with Gasteiger partial charge in [0.15, 0.2) is 0 Å². The van der Waals surface area contributed by atoms with Crippen LogP contribution in [0.3, 0.4) is 0 Å². The number of benzene rings is 2. The van der Waals surface area contributed by atoms with Gasteiger partial charge in [0, 0.05) is 28.2 Å². The number of fused-ring (bicyclic) bond motifs is 2. The number of carbonyl (C=O) groups is 5. The van der Waals surface area contributed by atoms with Gasteiger partial charge in [-0.3, -0.25) is 14.6 Å². The fraction of sp³-hybridized carbons (Fsp3) is 0.532. The lowest BCUT2D eigenvalue weighted by atomic mass is 9.89. The fourth-order valence-corrected chi connectivity index (χ4v) is 8.74. The number of hydrogen-bond acceptors (Lipinski definition) is 12. The molecule has 2 aliphatic rings. The number of rotatable bonds is 6. The lowest BCUT2D eigenvalue weighted by molar-refractivity contribution is -0.137. The second-order valence-electron chi connectivity index (χ2n) is 18.9. The molecule has 2 N–H and O–H groups in total. The van der Waals surface area contributed by atoms with E-state index in [4.69, 9.17) is 24.4 Å². The standard InChI is InChI=1S/C21H27NO4S.C16H17NO2S.C10H18O5/c1-13-5-7-17(22(11-13)20(25)26-21(2,3)4)14-6-8-18-16(9-14)15(12-27-18)10-19(23)24;1-10-2-4-14(17-8-10)11-3-5-15-13(6-11)12(9-20-15)7-16(18)19;1-9(2,3)14-7(11)13-8(12)15-10(4,5)6/h6,8-9,12-13,17H,5,7,10-11H2,1-4H3,(H,23,24);3,5-6,9-10H,2,4,7-8H2,1H3,(H,18,19);1-6H3. The van der Waals surface area contributed by atoms with Gasteiger partial charge in [0.1, 0.15) is 16.8 Å². The summed E-state index contributed by atoms with van der Waals surface area (Å²) in [6.07, 6.45) is 1.84. The van der Waals surface area contributed by atoms with Crippen LogP contribution in [0.1, 0.15) is 130 Å². The van der Waals surface area contributed by atoms with E-state index in [-0.39, 0.29) is 25.0 Å². The van der Waals surface area contributed by atoms with Gasteiger partial charge in [0.25, 0.3) is 0 Å². The predicted molar refractivity (Wildman–Crippen MR) is 244 cm³/mol. The minimum absolute atomic E-state index is 0.0148. The maximum absolute atomic E-state index is 12.8. The van der Waals surface area contributed by atoms with Crippen molar-refractivity contribution in [3.8, 4) is 0 Å². The SMILES string of the molecule is CC(C)(C)OC(=O)OC(=O)OC(C)(C)C.CC1CCC(c2ccc3scc(CC(=O)O)c3c2)=NC1.CC1CCC(c2ccc3scc(CC(=O)O)c3c2)N(C(=O)OC(C)(C)C)C1. The van der Waals surface area contributed by atoms with E-state index in [0.717, 1.165) is 73.9 Å². The Bertz CT molecular complexity index is 2230. The Kier molecular flexibility index (Phi) is 16.7. The third-order valence-corrected chi connectivity index (χ3v) is 11.6. The number of hydrogen-bond donors (Lipinski definition) is 2. The van der Waals surface area contributed by atoms with Gasteiger partial charge in [-0.15, -0.1) is 22.7 Å². The summed E-state index contributed by atoms with van der Waals surface area (Å²) in [7, 11) is 0. The van der Waals surface area contributed by atoms with E-state index in [2.05, 4.69) is 53.9 Å². The summed E-state index contributed by atoms with van der Waals surface area (Å²) in [6.45, 7) is 21.6. The first-order valence-electron chi connectivity index (χ1n) is 20.9. The van der Waals surface area contributed by atoms with E-state index in [9.17, 15) is 24.0 Å². The largest absolute Gasteiger partial charge is 0.519 e. The molecule has 0 spiro atoms. The first-order valence-corrected chi connectivity index (χ1v) is 22.6. The fourth-order valence-electron chi connectivity index (χ4n) is 6.85. The van der Waals surface area contributed by atoms with Crippen LogP contribution in [0.2, 0.25) is 0 Å². The van der Waals surface area contributed by atoms with Crippen molar-refractivity contribution in [3.63, 3.8) is 0 Å². The average Bonchev–Trinajstić information content (AvgIpc) is 3.72. The minimum atomic E-state index is -1.06. The zero-order valence-corrected chi connectivity index (χ0v) is 39.4. The molecule has 338 valence electrons. The van der Waals surface area contributed by atoms with Crippen molar-refractivity contribution in [3.05, 3.63) is 69.4 Å². The Labute approximate surface area is 372 Å². The van der Waals surface area contributed by atoms with Gasteiger partial charge in [-0.05, 0) is 168 Å². The molecule has 4 heterocycles. The highest BCUT2D eigenvalue weighted by Gasteiger charge is 2.34. The molecule has 15 heteroatoms. The lowest BCUT2D eigenvalue weighted by Gasteiger charge is -2.39. The van der Waals surface area contributed by atoms with Gasteiger partial charge >= 0.3 is 30.3 Å². The number of amides is 1. The molecule has 62 heavy (non-hydrogen) atoms. The highest BCUT2D eigenvalue weighted by molar-refractivity contribution is 7.17. The lowest BCUT2D eigenvalue weighted by Crippen LogP contribution is -2.44. The topological polar surface area (TPSA) is 178 Å². The molecule has 1 amide bonds. The van der Waals surface area contributed by atoms with Crippen LogP contribution in [0.25, 0.3) is 20.2 Å². The summed E-state index contributed by atoms with van der Waals surface area (Å²) in [5.74, 6) is -0.506. The van der Waals surface area contributed by atoms with Gasteiger partial charge < -0.3 is 34.1 Å². The Hall–Kier alpha value is -5.02. The summed E-state index contributed by atoms with van der Waals surface area (Å²) in [6, 6.07) is 12.4. The molecule has 0 radical (unpaired) electrons. The molecule has 0 saturated carbocycles. The molecule has 2 aromatic heterocycles. The number of likely N-dealkylation sites (tertiary alicyclic amines) is 1. The first-order chi connectivity index (χ1) is 28.8. The molecule has 6 rings (SSSR count). The molecule has 0 aliphatic carbocycles. The second kappa shape index (κ2) is 20.9. The molecular weight excluding hydrogens is 833 g/mol. The van der Waals surface area contributed by atoms with Crippen LogP contribution in [0.4, 0.5) is 14.4 Å². The normalized spacial score (nSPS) is 18.0. The molecule has 2 aliphatic heterocycles. The molecule has 2 aromatic carbocycles. The van der Waals surface area contributed by atoms with Crippen molar-refractivity contribution >= 4 is 78.9 Å². The number of carbonyl (C=O) groups excluding carboxylic acids is 3. The molecule has 1 fully saturated rings. The third-order valence-electron chi connectivity index (χ3n) is 9.59. The van der Waals surface area contributed by atoms with Crippen molar-refractivity contribution in [2.75, 3.05) is 13.1 Å². The van der Waals surface area contributed by atoms with E-state index < -0.39 is 41.1 Å². The van der Waals surface area contributed by atoms with E-state index in [1.807, 2.05) is 42.5 Å². The third kappa shape index (κ3) is 15.7. The number of carboxylic acids is 2. The number of aliphatic imine (C=N–C) groups is 1. The number of piperidine rings is 1. The van der Waals surface area contributed by atoms with Crippen LogP contribution in [0, 0.1) is 11.8 Å². The van der Waals surface area contributed by atoms with Crippen LogP contribution in [-0.4, -0.2) is 81.1 Å². The Morgan fingerprint density at radius 3 is 1.69 bits per heavy atom. The van der Waals surface area contributed by atoms with Crippen molar-refractivity contribution in [1.29, 1.82) is 0 Å². The Morgan fingerprint density at radius 2 is 1.21 bits per heavy atom. The highest BCUT2D eigenvalue weighted by Crippen LogP contribution is 2.37. The van der Waals surface area contributed by atoms with Crippen molar-refractivity contribution in [2.24, 2.45) is 16.8 Å². The van der Waals surface area contributed by atoms with E-state index in [1.54, 1.807) is 64.2 Å². The van der Waals surface area contributed by atoms with Gasteiger partial charge in [-0.2, -0.15) is 0 Å². The van der Waals surface area contributed by atoms with Crippen molar-refractivity contribution in [1.82, 2.24) is 4.90 Å². The first kappa shape index (κ1) is 49.6. The number of ether oxygens (including phenoxy) is 4. The van der Waals surface area contributed by atoms with E-state index in [1.165, 1.54) is 6.42 Å². The summed E-state index contributed by atoms with van der Waals surface area (Å²) < 4.78 is 21.7. The van der Waals surface area contributed by atoms with Gasteiger partial charge in [-0.1, -0.05) is 26.0 Å². The van der Waals surface area contributed by atoms with Crippen LogP contribution < -0.4 is 0 Å². The molecule has 13 nitrogen and oxygen atoms in total. The number of thiophene rings is 2. The molecule has 3 atom stereocenters. The van der Waals surface area contributed by atoms with Gasteiger partial charge in [-0.25, -0.2) is 14.4 Å². The van der Waals surface area contributed by atoms with Crippen LogP contribution >= 0.6 is 22.7 Å². The summed E-state index contributed by atoms with van der Waals surface area (Å²) >= 11 is 3.17. The zero-order chi connectivity index (χ0) is 46.2. The zero-order valence-electron chi connectivity index (χ0n) is 37.8. The van der Waals surface area contributed by atoms with Crippen LogP contribution in [0.5, 0.6) is 0 Å². The van der Waals surface area contributed by atoms with Crippen LogP contribution in [-0.2, 0) is 41.4 Å². The molecular formula is C47H62N2O11S2. The Balaban J connectivity index is 0.000000215. The summed E-state index contributed by atoms with van der Waals surface area (Å²) in [5, 5.41) is 24.0. The quantitative estimate of drug-likeness (QED) is 0.107. The smallest absolute Gasteiger partial charge is 0.481 e. The van der Waals surface area contributed by atoms with E-state index >= 15 is 0 Å². The van der Waals surface area contributed by atoms with Crippen LogP contribution in [0.15, 0.2) is 52.2 Å². The minimum Gasteiger partial charge on any atom is -0.481 e. The summed E-state index contributed by atoms with van der Waals surface area (Å²) in [5.41, 5.74) is 3.17. The van der Waals surface area contributed by atoms with E-state index in [0.29, 0.717) is 18.4 Å². The second-order valence-corrected chi connectivity index (χ2v) is 20.7. The van der Waals surface area contributed by atoms with Gasteiger partial charge in [0.05, 0.1) is 18.9 Å². The van der Waals surface area contributed by atoms with Crippen molar-refractivity contribution in [2.45, 2.75) is 138 Å². The monoisotopic (exact) mass is 894 g/mol. The summed E-state index contributed by atoms with van der Waals surface area (Å²) in [4.78, 5) is 63.4. The average molecular weight is 895 g/mol. The molecule has 3 unspecified atom stereocenters. The molecule has 1 saturated heterocycles. The maximum Gasteiger partial charge on any atom is 0.519 e. The molecule has 0 bridgehead atoms. The van der Waals surface area contributed by atoms with Crippen molar-refractivity contribution < 1.29 is 53.1 Å². The Morgan fingerprint density at radius 1 is 0.694 bits per heavy atom. The maximum atomic E-state index is 12.8. The number of nitrogens with zero attached hydrogens (tertiary/aromatic N) is 2. The molecule has 4 aromatic rings. The van der Waals surface area contributed by atoms with Gasteiger partial charge in [0.2, 0.25) is 0 Å². The number of aliphatic carboxylic acids is 2. The predicted octanol–water partition coefficient (Wildman–Crippen LogP) is 11.9.